The second-order valence-electron chi connectivity index (χ2n) is 4.43. The molecule has 1 aliphatic rings. The lowest BCUT2D eigenvalue weighted by atomic mass is 10.4. The molecule has 0 spiro atoms. The third-order valence-electron chi connectivity index (χ3n) is 3.38. The number of hydrogen-bond donors (Lipinski definition) is 1. The van der Waals surface area contributed by atoms with E-state index in [0.29, 0.717) is 11.2 Å². The van der Waals surface area contributed by atoms with Crippen molar-refractivity contribution in [2.45, 2.75) is 57.3 Å². The molecule has 0 amide bonds. The first-order valence-electron chi connectivity index (χ1n) is 5.53. The Morgan fingerprint density at radius 1 is 1.38 bits per heavy atom. The van der Waals surface area contributed by atoms with Crippen LogP contribution < -0.4 is 5.73 Å². The lowest BCUT2D eigenvalue weighted by Gasteiger charge is -2.42. The van der Waals surface area contributed by atoms with E-state index in [1.807, 2.05) is 0 Å². The van der Waals surface area contributed by atoms with Gasteiger partial charge in [0.2, 0.25) is 8.32 Å². The Bertz CT molecular complexity index is 155. The first kappa shape index (κ1) is 11.2. The highest BCUT2D eigenvalue weighted by Crippen LogP contribution is 2.34. The van der Waals surface area contributed by atoms with Gasteiger partial charge in [0.1, 0.15) is 0 Å². The monoisotopic (exact) mass is 201 g/mol. The van der Waals surface area contributed by atoms with Crippen molar-refractivity contribution in [2.24, 2.45) is 5.73 Å². The fraction of sp³-hybridized carbons (Fsp3) is 1.00. The summed E-state index contributed by atoms with van der Waals surface area (Å²) in [5, 5.41) is 0. The minimum absolute atomic E-state index is 0.341. The van der Waals surface area contributed by atoms with Crippen molar-refractivity contribution in [1.82, 2.24) is 0 Å². The molecule has 1 rings (SSSR count). The predicted octanol–water partition coefficient (Wildman–Crippen LogP) is 2.43. The van der Waals surface area contributed by atoms with Gasteiger partial charge in [0, 0.05) is 12.3 Å². The molecule has 13 heavy (non-hydrogen) atoms. The van der Waals surface area contributed by atoms with Crippen LogP contribution in [-0.4, -0.2) is 20.6 Å². The fourth-order valence-electron chi connectivity index (χ4n) is 2.36. The molecule has 78 valence electrons. The molecule has 2 N–H and O–H groups in total. The van der Waals surface area contributed by atoms with Gasteiger partial charge in [-0.25, -0.2) is 0 Å². The highest BCUT2D eigenvalue weighted by Gasteiger charge is 2.44. The Labute approximate surface area is 83.0 Å². The third-order valence-corrected chi connectivity index (χ3v) is 8.87. The van der Waals surface area contributed by atoms with E-state index >= 15 is 0 Å². The van der Waals surface area contributed by atoms with Gasteiger partial charge in [-0.3, -0.25) is 0 Å². The van der Waals surface area contributed by atoms with E-state index in [9.17, 15) is 0 Å². The van der Waals surface area contributed by atoms with E-state index in [-0.39, 0.29) is 0 Å². The van der Waals surface area contributed by atoms with Crippen molar-refractivity contribution < 1.29 is 4.43 Å². The lowest BCUT2D eigenvalue weighted by molar-refractivity contribution is 0.250. The molecule has 0 aromatic rings. The van der Waals surface area contributed by atoms with Crippen molar-refractivity contribution in [3.05, 3.63) is 0 Å². The average Bonchev–Trinajstić information content (AvgIpc) is 2.17. The van der Waals surface area contributed by atoms with Crippen LogP contribution in [0.4, 0.5) is 0 Å². The summed E-state index contributed by atoms with van der Waals surface area (Å²) >= 11 is 0. The summed E-state index contributed by atoms with van der Waals surface area (Å²) in [6.45, 7) is 7.71. The Kier molecular flexibility index (Phi) is 3.95. The van der Waals surface area contributed by atoms with E-state index in [1.54, 1.807) is 0 Å². The second kappa shape index (κ2) is 4.58. The molecule has 1 heterocycles. The zero-order chi connectivity index (χ0) is 9.90. The zero-order valence-corrected chi connectivity index (χ0v) is 10.2. The van der Waals surface area contributed by atoms with Gasteiger partial charge in [-0.15, -0.1) is 0 Å². The van der Waals surface area contributed by atoms with Crippen LogP contribution in [0, 0.1) is 0 Å². The van der Waals surface area contributed by atoms with Crippen LogP contribution in [0.1, 0.15) is 40.0 Å². The summed E-state index contributed by atoms with van der Waals surface area (Å²) in [4.78, 5) is 0. The van der Waals surface area contributed by atoms with Crippen molar-refractivity contribution in [1.29, 1.82) is 0 Å². The zero-order valence-electron chi connectivity index (χ0n) is 9.18. The van der Waals surface area contributed by atoms with E-state index in [1.165, 1.54) is 18.9 Å². The van der Waals surface area contributed by atoms with E-state index in [0.717, 1.165) is 13.0 Å². The minimum atomic E-state index is -1.59. The lowest BCUT2D eigenvalue weighted by Crippen LogP contribution is -2.58. The van der Waals surface area contributed by atoms with Gasteiger partial charge in [-0.2, -0.15) is 0 Å². The van der Waals surface area contributed by atoms with Crippen molar-refractivity contribution in [3.63, 3.8) is 0 Å². The van der Waals surface area contributed by atoms with Crippen LogP contribution >= 0.6 is 0 Å². The summed E-state index contributed by atoms with van der Waals surface area (Å²) in [7, 11) is -1.59. The van der Waals surface area contributed by atoms with Gasteiger partial charge in [-0.1, -0.05) is 27.2 Å². The molecule has 3 heteroatoms. The van der Waals surface area contributed by atoms with Crippen molar-refractivity contribution >= 4 is 8.32 Å². The first-order valence-corrected chi connectivity index (χ1v) is 7.80. The summed E-state index contributed by atoms with van der Waals surface area (Å²) in [6.07, 6.45) is 3.64. The number of rotatable bonds is 3. The molecule has 0 aromatic heterocycles. The largest absolute Gasteiger partial charge is 0.415 e. The summed E-state index contributed by atoms with van der Waals surface area (Å²) in [5.41, 5.74) is 7.23. The highest BCUT2D eigenvalue weighted by molar-refractivity contribution is 6.76. The second-order valence-corrected chi connectivity index (χ2v) is 9.02. The summed E-state index contributed by atoms with van der Waals surface area (Å²) < 4.78 is 6.09. The topological polar surface area (TPSA) is 35.2 Å². The summed E-state index contributed by atoms with van der Waals surface area (Å²) in [6, 6.07) is 1.28. The Morgan fingerprint density at radius 3 is 2.46 bits per heavy atom. The van der Waals surface area contributed by atoms with Crippen LogP contribution in [0.3, 0.4) is 0 Å². The number of nitrogens with two attached hydrogens (primary N) is 1. The van der Waals surface area contributed by atoms with E-state index in [4.69, 9.17) is 10.2 Å². The standard InChI is InChI=1S/C10H23NOSi/c1-4-10(11)13(9(2)3)8-6-5-7-12-13/h9-10H,4-8,11H2,1-3H3. The molecule has 2 atom stereocenters. The molecule has 1 saturated heterocycles. The molecule has 2 nitrogen and oxygen atoms in total. The van der Waals surface area contributed by atoms with Gasteiger partial charge >= 0.3 is 0 Å². The van der Waals surface area contributed by atoms with Crippen LogP contribution in [0.25, 0.3) is 0 Å². The molecule has 0 aromatic carbocycles. The molecule has 2 unspecified atom stereocenters. The van der Waals surface area contributed by atoms with Crippen LogP contribution in [-0.2, 0) is 4.43 Å². The van der Waals surface area contributed by atoms with E-state index in [2.05, 4.69) is 20.8 Å². The van der Waals surface area contributed by atoms with Gasteiger partial charge in [0.05, 0.1) is 0 Å². The minimum Gasteiger partial charge on any atom is -0.415 e. The third kappa shape index (κ3) is 2.14. The molecule has 0 bridgehead atoms. The first-order chi connectivity index (χ1) is 6.13. The Hall–Kier alpha value is 0.137. The van der Waals surface area contributed by atoms with Gasteiger partial charge in [-0.05, 0) is 24.4 Å². The normalized spacial score (nSPS) is 32.1. The van der Waals surface area contributed by atoms with Crippen molar-refractivity contribution in [3.8, 4) is 0 Å². The molecule has 0 aliphatic carbocycles. The maximum absolute atomic E-state index is 6.22. The van der Waals surface area contributed by atoms with Gasteiger partial charge in [0.25, 0.3) is 0 Å². The van der Waals surface area contributed by atoms with Gasteiger partial charge < -0.3 is 10.2 Å². The molecule has 1 aliphatic heterocycles. The molecular weight excluding hydrogens is 178 g/mol. The summed E-state index contributed by atoms with van der Waals surface area (Å²) in [5.74, 6) is 0. The quantitative estimate of drug-likeness (QED) is 0.712. The maximum Gasteiger partial charge on any atom is 0.211 e. The smallest absolute Gasteiger partial charge is 0.211 e. The van der Waals surface area contributed by atoms with E-state index < -0.39 is 8.32 Å². The fourth-order valence-corrected chi connectivity index (χ4v) is 6.87. The Balaban J connectivity index is 2.72. The number of hydrogen-bond acceptors (Lipinski definition) is 2. The highest BCUT2D eigenvalue weighted by atomic mass is 28.4. The van der Waals surface area contributed by atoms with Crippen LogP contribution in [0.15, 0.2) is 0 Å². The molecule has 1 fully saturated rings. The molecule has 0 radical (unpaired) electrons. The van der Waals surface area contributed by atoms with Gasteiger partial charge in [0.15, 0.2) is 0 Å². The van der Waals surface area contributed by atoms with Crippen LogP contribution in [0.2, 0.25) is 11.6 Å². The predicted molar refractivity (Wildman–Crippen MR) is 59.1 cm³/mol. The van der Waals surface area contributed by atoms with Crippen molar-refractivity contribution in [2.75, 3.05) is 6.61 Å². The SMILES string of the molecule is CCC(N)[Si]1(C(C)C)CCCCO1. The molecular formula is C10H23NOSi. The average molecular weight is 201 g/mol. The van der Waals surface area contributed by atoms with Crippen LogP contribution in [0.5, 0.6) is 0 Å². The maximum atomic E-state index is 6.22. The molecule has 0 saturated carbocycles. The Morgan fingerprint density at radius 2 is 2.08 bits per heavy atom.